The topological polar surface area (TPSA) is 29.5 Å². The molecule has 1 N–H and O–H groups in total. The zero-order valence-electron chi connectivity index (χ0n) is 6.47. The van der Waals surface area contributed by atoms with Crippen LogP contribution in [0.5, 0.6) is 5.75 Å². The summed E-state index contributed by atoms with van der Waals surface area (Å²) in [6.07, 6.45) is 0. The van der Waals surface area contributed by atoms with Crippen LogP contribution in [0.4, 0.5) is 0 Å². The summed E-state index contributed by atoms with van der Waals surface area (Å²) in [5, 5.41) is 9.55. The average Bonchev–Trinajstić information content (AvgIpc) is 2.06. The van der Waals surface area contributed by atoms with Gasteiger partial charge in [-0.2, -0.15) is 0 Å². The second kappa shape index (κ2) is 4.30. The van der Waals surface area contributed by atoms with Gasteiger partial charge in [-0.1, -0.05) is 11.6 Å². The van der Waals surface area contributed by atoms with Gasteiger partial charge in [0.15, 0.2) is 0 Å². The fourth-order valence-corrected chi connectivity index (χ4v) is 2.12. The van der Waals surface area contributed by atoms with Crippen molar-refractivity contribution >= 4 is 34.2 Å². The maximum atomic E-state index is 8.97. The molecule has 0 fully saturated rings. The van der Waals surface area contributed by atoms with E-state index in [2.05, 4.69) is 22.6 Å². The van der Waals surface area contributed by atoms with E-state index in [1.807, 2.05) is 0 Å². The highest BCUT2D eigenvalue weighted by molar-refractivity contribution is 14.1. The fourth-order valence-electron chi connectivity index (χ4n) is 0.879. The van der Waals surface area contributed by atoms with Gasteiger partial charge in [-0.15, -0.1) is 0 Å². The molecule has 1 aromatic carbocycles. The van der Waals surface area contributed by atoms with Gasteiger partial charge in [-0.3, -0.25) is 0 Å². The van der Waals surface area contributed by atoms with Gasteiger partial charge >= 0.3 is 0 Å². The van der Waals surface area contributed by atoms with E-state index in [0.717, 1.165) is 14.9 Å². The standard InChI is InChI=1S/C8H8ClIO2/c1-12-7-3-2-6(9)5(4-11)8(7)10/h2-3,11H,4H2,1H3. The van der Waals surface area contributed by atoms with Crippen molar-refractivity contribution in [1.82, 2.24) is 0 Å². The van der Waals surface area contributed by atoms with Gasteiger partial charge in [-0.25, -0.2) is 0 Å². The molecule has 66 valence electrons. The summed E-state index contributed by atoms with van der Waals surface area (Å²) >= 11 is 7.94. The molecule has 0 amide bonds. The normalized spacial score (nSPS) is 10.0. The number of methoxy groups -OCH3 is 1. The van der Waals surface area contributed by atoms with E-state index in [1.165, 1.54) is 0 Å². The Labute approximate surface area is 89.6 Å². The van der Waals surface area contributed by atoms with Gasteiger partial charge in [0.2, 0.25) is 0 Å². The molecule has 0 bridgehead atoms. The minimum atomic E-state index is -0.0612. The maximum Gasteiger partial charge on any atom is 0.132 e. The molecular formula is C8H8ClIO2. The van der Waals surface area contributed by atoms with Crippen molar-refractivity contribution in [1.29, 1.82) is 0 Å². The molecule has 0 aliphatic carbocycles. The zero-order valence-corrected chi connectivity index (χ0v) is 9.39. The number of hydrogen-bond donors (Lipinski definition) is 1. The van der Waals surface area contributed by atoms with Crippen LogP contribution in [0, 0.1) is 3.57 Å². The number of halogens is 2. The first kappa shape index (κ1) is 10.1. The molecule has 0 atom stereocenters. The van der Waals surface area contributed by atoms with Crippen molar-refractivity contribution in [3.8, 4) is 5.75 Å². The molecule has 0 unspecified atom stereocenters. The predicted octanol–water partition coefficient (Wildman–Crippen LogP) is 2.45. The Hall–Kier alpha value is -0.000000000000000111. The smallest absolute Gasteiger partial charge is 0.132 e. The quantitative estimate of drug-likeness (QED) is 0.850. The molecule has 0 saturated carbocycles. The van der Waals surface area contributed by atoms with E-state index in [4.69, 9.17) is 21.4 Å². The van der Waals surface area contributed by atoms with Crippen LogP contribution in [-0.2, 0) is 6.61 Å². The monoisotopic (exact) mass is 298 g/mol. The Morgan fingerprint density at radius 3 is 2.75 bits per heavy atom. The highest BCUT2D eigenvalue weighted by Crippen LogP contribution is 2.29. The summed E-state index contributed by atoms with van der Waals surface area (Å²) in [6.45, 7) is -0.0612. The van der Waals surface area contributed by atoms with E-state index < -0.39 is 0 Å². The van der Waals surface area contributed by atoms with E-state index in [1.54, 1.807) is 19.2 Å². The van der Waals surface area contributed by atoms with Crippen molar-refractivity contribution in [2.75, 3.05) is 7.11 Å². The maximum absolute atomic E-state index is 8.97. The first-order chi connectivity index (χ1) is 5.70. The second-order valence-electron chi connectivity index (χ2n) is 2.20. The van der Waals surface area contributed by atoms with Crippen molar-refractivity contribution in [3.63, 3.8) is 0 Å². The lowest BCUT2D eigenvalue weighted by molar-refractivity contribution is 0.280. The molecule has 0 aromatic heterocycles. The number of benzene rings is 1. The van der Waals surface area contributed by atoms with Crippen molar-refractivity contribution in [2.45, 2.75) is 6.61 Å². The zero-order chi connectivity index (χ0) is 9.14. The van der Waals surface area contributed by atoms with Crippen LogP contribution in [-0.4, -0.2) is 12.2 Å². The summed E-state index contributed by atoms with van der Waals surface area (Å²) in [5.41, 5.74) is 0.719. The molecule has 4 heteroatoms. The van der Waals surface area contributed by atoms with Gasteiger partial charge in [0.25, 0.3) is 0 Å². The lowest BCUT2D eigenvalue weighted by Crippen LogP contribution is -1.94. The summed E-state index contributed by atoms with van der Waals surface area (Å²) < 4.78 is 5.93. The van der Waals surface area contributed by atoms with Crippen molar-refractivity contribution in [3.05, 3.63) is 26.3 Å². The van der Waals surface area contributed by atoms with Crippen LogP contribution in [0.15, 0.2) is 12.1 Å². The van der Waals surface area contributed by atoms with Crippen LogP contribution in [0.2, 0.25) is 5.02 Å². The van der Waals surface area contributed by atoms with Gasteiger partial charge in [0.1, 0.15) is 5.75 Å². The van der Waals surface area contributed by atoms with Crippen LogP contribution in [0.1, 0.15) is 5.56 Å². The summed E-state index contributed by atoms with van der Waals surface area (Å²) in [7, 11) is 1.59. The third-order valence-electron chi connectivity index (χ3n) is 1.53. The van der Waals surface area contributed by atoms with E-state index in [9.17, 15) is 0 Å². The van der Waals surface area contributed by atoms with Crippen molar-refractivity contribution in [2.24, 2.45) is 0 Å². The Balaban J connectivity index is 3.24. The van der Waals surface area contributed by atoms with E-state index in [-0.39, 0.29) is 6.61 Å². The number of hydrogen-bond acceptors (Lipinski definition) is 2. The first-order valence-electron chi connectivity index (χ1n) is 3.32. The fraction of sp³-hybridized carbons (Fsp3) is 0.250. The van der Waals surface area contributed by atoms with Crippen molar-refractivity contribution < 1.29 is 9.84 Å². The number of aliphatic hydroxyl groups excluding tert-OH is 1. The van der Waals surface area contributed by atoms with Gasteiger partial charge in [0, 0.05) is 10.6 Å². The minimum absolute atomic E-state index is 0.0612. The summed E-state index contributed by atoms with van der Waals surface area (Å²) in [6, 6.07) is 3.50. The third kappa shape index (κ3) is 1.84. The Morgan fingerprint density at radius 1 is 1.58 bits per heavy atom. The highest BCUT2D eigenvalue weighted by Gasteiger charge is 2.08. The molecule has 2 nitrogen and oxygen atoms in total. The largest absolute Gasteiger partial charge is 0.496 e. The number of aliphatic hydroxyl groups is 1. The minimum Gasteiger partial charge on any atom is -0.496 e. The lowest BCUT2D eigenvalue weighted by atomic mass is 10.2. The van der Waals surface area contributed by atoms with E-state index in [0.29, 0.717) is 5.02 Å². The van der Waals surface area contributed by atoms with Crippen LogP contribution in [0.25, 0.3) is 0 Å². The Kier molecular flexibility index (Phi) is 3.61. The molecule has 0 radical (unpaired) electrons. The highest BCUT2D eigenvalue weighted by atomic mass is 127. The van der Waals surface area contributed by atoms with Crippen LogP contribution < -0.4 is 4.74 Å². The van der Waals surface area contributed by atoms with Crippen LogP contribution >= 0.6 is 34.2 Å². The number of ether oxygens (including phenoxy) is 1. The summed E-state index contributed by atoms with van der Waals surface area (Å²) in [5.74, 6) is 0.740. The molecule has 12 heavy (non-hydrogen) atoms. The first-order valence-corrected chi connectivity index (χ1v) is 4.78. The molecule has 0 saturated heterocycles. The predicted molar refractivity (Wildman–Crippen MR) is 56.6 cm³/mol. The summed E-state index contributed by atoms with van der Waals surface area (Å²) in [4.78, 5) is 0. The molecule has 0 heterocycles. The third-order valence-corrected chi connectivity index (χ3v) is 3.07. The van der Waals surface area contributed by atoms with E-state index >= 15 is 0 Å². The molecule has 0 aliphatic heterocycles. The van der Waals surface area contributed by atoms with Crippen LogP contribution in [0.3, 0.4) is 0 Å². The van der Waals surface area contributed by atoms with Gasteiger partial charge in [0.05, 0.1) is 17.3 Å². The van der Waals surface area contributed by atoms with Gasteiger partial charge in [-0.05, 0) is 34.7 Å². The lowest BCUT2D eigenvalue weighted by Gasteiger charge is -2.08. The average molecular weight is 299 g/mol. The molecule has 1 aromatic rings. The Morgan fingerprint density at radius 2 is 2.25 bits per heavy atom. The molecule has 1 rings (SSSR count). The Bertz CT molecular complexity index is 289. The molecule has 0 spiro atoms. The number of rotatable bonds is 2. The second-order valence-corrected chi connectivity index (χ2v) is 3.69. The molecular weight excluding hydrogens is 290 g/mol. The SMILES string of the molecule is COc1ccc(Cl)c(CO)c1I. The molecule has 0 aliphatic rings. The van der Waals surface area contributed by atoms with Gasteiger partial charge < -0.3 is 9.84 Å².